The van der Waals surface area contributed by atoms with Crippen LogP contribution in [0, 0.1) is 5.41 Å². The van der Waals surface area contributed by atoms with Crippen LogP contribution >= 0.6 is 0 Å². The maximum absolute atomic E-state index is 5.91. The van der Waals surface area contributed by atoms with E-state index in [2.05, 4.69) is 55.3 Å². The van der Waals surface area contributed by atoms with Crippen LogP contribution < -0.4 is 10.1 Å². The molecule has 118 valence electrons. The van der Waals surface area contributed by atoms with E-state index in [1.807, 2.05) is 0 Å². The van der Waals surface area contributed by atoms with Gasteiger partial charge in [-0.3, -0.25) is 0 Å². The molecule has 0 bridgehead atoms. The molecule has 3 heteroatoms. The second-order valence-corrected chi connectivity index (χ2v) is 7.18. The van der Waals surface area contributed by atoms with Crippen LogP contribution in [0.3, 0.4) is 0 Å². The van der Waals surface area contributed by atoms with Crippen molar-refractivity contribution in [1.82, 2.24) is 10.2 Å². The molecule has 0 saturated carbocycles. The highest BCUT2D eigenvalue weighted by atomic mass is 16.5. The van der Waals surface area contributed by atoms with Gasteiger partial charge in [-0.05, 0) is 36.0 Å². The van der Waals surface area contributed by atoms with E-state index in [1.54, 1.807) is 0 Å². The van der Waals surface area contributed by atoms with E-state index in [4.69, 9.17) is 4.74 Å². The monoisotopic (exact) mass is 290 g/mol. The Morgan fingerprint density at radius 1 is 1.19 bits per heavy atom. The molecule has 1 heterocycles. The minimum atomic E-state index is 0.320. The maximum atomic E-state index is 5.91. The fourth-order valence-corrected chi connectivity index (χ4v) is 2.77. The van der Waals surface area contributed by atoms with Crippen molar-refractivity contribution in [1.29, 1.82) is 0 Å². The molecule has 3 nitrogen and oxygen atoms in total. The van der Waals surface area contributed by atoms with Gasteiger partial charge < -0.3 is 15.0 Å². The molecule has 21 heavy (non-hydrogen) atoms. The van der Waals surface area contributed by atoms with Gasteiger partial charge in [0.05, 0.1) is 6.61 Å². The molecule has 0 unspecified atom stereocenters. The Balaban J connectivity index is 1.71. The molecule has 0 radical (unpaired) electrons. The number of hydrogen-bond donors (Lipinski definition) is 1. The lowest BCUT2D eigenvalue weighted by molar-refractivity contribution is 0.214. The van der Waals surface area contributed by atoms with Crippen molar-refractivity contribution in [3.05, 3.63) is 29.8 Å². The molecule has 0 atom stereocenters. The van der Waals surface area contributed by atoms with Crippen molar-refractivity contribution >= 4 is 0 Å². The zero-order valence-electron chi connectivity index (χ0n) is 13.8. The number of ether oxygens (including phenoxy) is 1. The average Bonchev–Trinajstić information content (AvgIpc) is 2.43. The number of benzene rings is 1. The molecule has 1 saturated heterocycles. The van der Waals surface area contributed by atoms with Crippen LogP contribution in [0.5, 0.6) is 5.75 Å². The van der Waals surface area contributed by atoms with Gasteiger partial charge in [0.25, 0.3) is 0 Å². The first-order valence-electron chi connectivity index (χ1n) is 8.18. The topological polar surface area (TPSA) is 24.5 Å². The van der Waals surface area contributed by atoms with Crippen molar-refractivity contribution < 1.29 is 4.74 Å². The predicted molar refractivity (Wildman–Crippen MR) is 89.0 cm³/mol. The van der Waals surface area contributed by atoms with Crippen LogP contribution in [0.4, 0.5) is 0 Å². The van der Waals surface area contributed by atoms with E-state index in [-0.39, 0.29) is 0 Å². The highest BCUT2D eigenvalue weighted by Crippen LogP contribution is 2.23. The Bertz CT molecular complexity index is 419. The summed E-state index contributed by atoms with van der Waals surface area (Å²) in [5.41, 5.74) is 1.68. The zero-order chi connectivity index (χ0) is 15.1. The molecule has 1 aromatic rings. The lowest BCUT2D eigenvalue weighted by Gasteiger charge is -2.27. The van der Waals surface area contributed by atoms with Gasteiger partial charge in [0.1, 0.15) is 5.75 Å². The quantitative estimate of drug-likeness (QED) is 0.815. The average molecular weight is 290 g/mol. The van der Waals surface area contributed by atoms with E-state index in [0.717, 1.165) is 44.8 Å². The van der Waals surface area contributed by atoms with Gasteiger partial charge in [-0.25, -0.2) is 0 Å². The van der Waals surface area contributed by atoms with Gasteiger partial charge in [-0.15, -0.1) is 0 Å². The van der Waals surface area contributed by atoms with E-state index in [9.17, 15) is 0 Å². The second kappa shape index (κ2) is 7.81. The number of nitrogens with one attached hydrogen (secondary N) is 1. The standard InChI is InChI=1S/C18H30N2O/c1-18(2,3)15-16-6-4-7-17(14-16)21-13-5-10-20-11-8-19-9-12-20/h4,6-7,14,19H,5,8-13,15H2,1-3H3. The molecule has 1 aliphatic rings. The first-order chi connectivity index (χ1) is 10.0. The minimum Gasteiger partial charge on any atom is -0.494 e. The van der Waals surface area contributed by atoms with Crippen LogP contribution in [0.25, 0.3) is 0 Å². The van der Waals surface area contributed by atoms with Crippen LogP contribution in [0.15, 0.2) is 24.3 Å². The van der Waals surface area contributed by atoms with E-state index >= 15 is 0 Å². The Morgan fingerprint density at radius 3 is 2.67 bits per heavy atom. The van der Waals surface area contributed by atoms with Crippen LogP contribution in [0.1, 0.15) is 32.8 Å². The fourth-order valence-electron chi connectivity index (χ4n) is 2.77. The van der Waals surface area contributed by atoms with Crippen LogP contribution in [-0.2, 0) is 6.42 Å². The summed E-state index contributed by atoms with van der Waals surface area (Å²) in [5, 5.41) is 3.38. The number of rotatable bonds is 6. The normalized spacial score (nSPS) is 16.9. The Labute approximate surface area is 129 Å². The van der Waals surface area contributed by atoms with Gasteiger partial charge in [0.15, 0.2) is 0 Å². The van der Waals surface area contributed by atoms with Gasteiger partial charge in [0.2, 0.25) is 0 Å². The third-order valence-corrected chi connectivity index (χ3v) is 3.73. The van der Waals surface area contributed by atoms with Gasteiger partial charge in [0, 0.05) is 32.7 Å². The summed E-state index contributed by atoms with van der Waals surface area (Å²) in [5.74, 6) is 1.01. The number of hydrogen-bond acceptors (Lipinski definition) is 3. The number of nitrogens with zero attached hydrogens (tertiary/aromatic N) is 1. The minimum absolute atomic E-state index is 0.320. The molecule has 0 aromatic heterocycles. The van der Waals surface area contributed by atoms with Crippen molar-refractivity contribution in [2.75, 3.05) is 39.3 Å². The van der Waals surface area contributed by atoms with E-state index in [1.165, 1.54) is 18.7 Å². The van der Waals surface area contributed by atoms with Crippen molar-refractivity contribution in [3.63, 3.8) is 0 Å². The molecule has 0 spiro atoms. The lowest BCUT2D eigenvalue weighted by Crippen LogP contribution is -2.43. The highest BCUT2D eigenvalue weighted by molar-refractivity contribution is 5.29. The molecule has 0 amide bonds. The summed E-state index contributed by atoms with van der Waals surface area (Å²) in [4.78, 5) is 2.51. The lowest BCUT2D eigenvalue weighted by atomic mass is 9.88. The van der Waals surface area contributed by atoms with Gasteiger partial charge in [-0.1, -0.05) is 32.9 Å². The van der Waals surface area contributed by atoms with Crippen molar-refractivity contribution in [3.8, 4) is 5.75 Å². The molecule has 1 aliphatic heterocycles. The van der Waals surface area contributed by atoms with Gasteiger partial charge in [-0.2, -0.15) is 0 Å². The van der Waals surface area contributed by atoms with Crippen molar-refractivity contribution in [2.45, 2.75) is 33.6 Å². The molecule has 1 fully saturated rings. The third-order valence-electron chi connectivity index (χ3n) is 3.73. The summed E-state index contributed by atoms with van der Waals surface area (Å²) in [6.07, 6.45) is 2.19. The molecule has 1 aromatic carbocycles. The Hall–Kier alpha value is -1.06. The largest absolute Gasteiger partial charge is 0.494 e. The smallest absolute Gasteiger partial charge is 0.119 e. The predicted octanol–water partition coefficient (Wildman–Crippen LogP) is 2.95. The van der Waals surface area contributed by atoms with Crippen LogP contribution in [-0.4, -0.2) is 44.2 Å². The summed E-state index contributed by atoms with van der Waals surface area (Å²) in [6, 6.07) is 8.55. The molecular weight excluding hydrogens is 260 g/mol. The Kier molecular flexibility index (Phi) is 6.07. The summed E-state index contributed by atoms with van der Waals surface area (Å²) >= 11 is 0. The summed E-state index contributed by atoms with van der Waals surface area (Å²) < 4.78 is 5.91. The first-order valence-corrected chi connectivity index (χ1v) is 8.18. The second-order valence-electron chi connectivity index (χ2n) is 7.18. The zero-order valence-corrected chi connectivity index (χ0v) is 13.8. The summed E-state index contributed by atoms with van der Waals surface area (Å²) in [6.45, 7) is 13.3. The Morgan fingerprint density at radius 2 is 1.95 bits per heavy atom. The van der Waals surface area contributed by atoms with E-state index in [0.29, 0.717) is 5.41 Å². The third kappa shape index (κ3) is 6.49. The molecule has 1 N–H and O–H groups in total. The van der Waals surface area contributed by atoms with E-state index < -0.39 is 0 Å². The highest BCUT2D eigenvalue weighted by Gasteiger charge is 2.12. The SMILES string of the molecule is CC(C)(C)Cc1cccc(OCCCN2CCNCC2)c1. The van der Waals surface area contributed by atoms with Crippen LogP contribution in [0.2, 0.25) is 0 Å². The summed E-state index contributed by atoms with van der Waals surface area (Å²) in [7, 11) is 0. The molecule has 0 aliphatic carbocycles. The molecule has 2 rings (SSSR count). The first kappa shape index (κ1) is 16.3. The van der Waals surface area contributed by atoms with Crippen molar-refractivity contribution in [2.24, 2.45) is 5.41 Å². The molecular formula is C18H30N2O. The van der Waals surface area contributed by atoms with Gasteiger partial charge >= 0.3 is 0 Å². The maximum Gasteiger partial charge on any atom is 0.119 e. The fraction of sp³-hybridized carbons (Fsp3) is 0.667. The number of piperazine rings is 1.